The van der Waals surface area contributed by atoms with Gasteiger partial charge < -0.3 is 14.3 Å². The summed E-state index contributed by atoms with van der Waals surface area (Å²) in [6.07, 6.45) is 0.0971. The van der Waals surface area contributed by atoms with Gasteiger partial charge in [0.15, 0.2) is 11.5 Å². The van der Waals surface area contributed by atoms with Crippen LogP contribution in [0.4, 0.5) is 5.69 Å². The standard InChI is InChI=1S/C18H18N2O6/c1-12(21)26-19-15(10-14-6-4-5-7-16(14)20(22)23)13-8-9-17(24-2)18(11-13)25-3/h4-9,11H,10H2,1-3H3. The molecule has 2 rings (SSSR count). The minimum Gasteiger partial charge on any atom is -0.493 e. The summed E-state index contributed by atoms with van der Waals surface area (Å²) in [5, 5.41) is 15.1. The molecule has 8 heteroatoms. The first-order valence-corrected chi connectivity index (χ1v) is 7.65. The first-order valence-electron chi connectivity index (χ1n) is 7.65. The van der Waals surface area contributed by atoms with Crippen LogP contribution in [0.3, 0.4) is 0 Å². The van der Waals surface area contributed by atoms with Crippen LogP contribution in [-0.4, -0.2) is 30.8 Å². The summed E-state index contributed by atoms with van der Waals surface area (Å²) < 4.78 is 10.5. The summed E-state index contributed by atoms with van der Waals surface area (Å²) >= 11 is 0. The number of methoxy groups -OCH3 is 2. The Hall–Kier alpha value is -3.42. The molecule has 0 fully saturated rings. The van der Waals surface area contributed by atoms with Crippen molar-refractivity contribution in [2.45, 2.75) is 13.3 Å². The Labute approximate surface area is 150 Å². The monoisotopic (exact) mass is 358 g/mol. The number of ether oxygens (including phenoxy) is 2. The maximum atomic E-state index is 11.2. The van der Waals surface area contributed by atoms with Crippen LogP contribution in [-0.2, 0) is 16.1 Å². The zero-order chi connectivity index (χ0) is 19.1. The highest BCUT2D eigenvalue weighted by Crippen LogP contribution is 2.29. The van der Waals surface area contributed by atoms with Crippen molar-refractivity contribution in [3.63, 3.8) is 0 Å². The molecule has 0 atom stereocenters. The largest absolute Gasteiger partial charge is 0.493 e. The van der Waals surface area contributed by atoms with E-state index in [9.17, 15) is 14.9 Å². The fourth-order valence-electron chi connectivity index (χ4n) is 2.34. The van der Waals surface area contributed by atoms with Crippen molar-refractivity contribution in [1.29, 1.82) is 0 Å². The van der Waals surface area contributed by atoms with Gasteiger partial charge in [-0.2, -0.15) is 0 Å². The molecule has 0 bridgehead atoms. The molecule has 0 aliphatic rings. The quantitative estimate of drug-likeness (QED) is 0.326. The summed E-state index contributed by atoms with van der Waals surface area (Å²) in [5.41, 5.74) is 1.33. The van der Waals surface area contributed by atoms with Crippen LogP contribution in [0.15, 0.2) is 47.6 Å². The summed E-state index contributed by atoms with van der Waals surface area (Å²) in [4.78, 5) is 26.7. The lowest BCUT2D eigenvalue weighted by molar-refractivity contribution is -0.385. The number of oxime groups is 1. The van der Waals surface area contributed by atoms with E-state index in [4.69, 9.17) is 14.3 Å². The SMILES string of the molecule is COc1ccc(C(Cc2ccccc2[N+](=O)[O-])=NOC(C)=O)cc1OC. The van der Waals surface area contributed by atoms with Gasteiger partial charge in [0.2, 0.25) is 0 Å². The van der Waals surface area contributed by atoms with Gasteiger partial charge in [0.05, 0.1) is 24.9 Å². The second kappa shape index (κ2) is 8.61. The smallest absolute Gasteiger partial charge is 0.331 e. The van der Waals surface area contributed by atoms with Gasteiger partial charge in [0, 0.05) is 30.5 Å². The molecule has 0 heterocycles. The molecule has 8 nitrogen and oxygen atoms in total. The molecule has 0 aromatic heterocycles. The predicted molar refractivity (Wildman–Crippen MR) is 94.6 cm³/mol. The van der Waals surface area contributed by atoms with E-state index in [0.29, 0.717) is 28.3 Å². The van der Waals surface area contributed by atoms with Gasteiger partial charge in [-0.15, -0.1) is 0 Å². The summed E-state index contributed by atoms with van der Waals surface area (Å²) in [6.45, 7) is 1.22. The molecule has 136 valence electrons. The summed E-state index contributed by atoms with van der Waals surface area (Å²) in [5.74, 6) is 0.391. The molecule has 0 unspecified atom stereocenters. The molecule has 0 amide bonds. The Kier molecular flexibility index (Phi) is 6.26. The minimum atomic E-state index is -0.592. The summed E-state index contributed by atoms with van der Waals surface area (Å²) in [6, 6.07) is 11.4. The Balaban J connectivity index is 2.47. The number of nitro benzene ring substituents is 1. The van der Waals surface area contributed by atoms with Crippen LogP contribution < -0.4 is 9.47 Å². The van der Waals surface area contributed by atoms with Crippen LogP contribution in [0.5, 0.6) is 11.5 Å². The van der Waals surface area contributed by atoms with E-state index in [-0.39, 0.29) is 12.1 Å². The van der Waals surface area contributed by atoms with Crippen LogP contribution in [0, 0.1) is 10.1 Å². The Morgan fingerprint density at radius 1 is 1.12 bits per heavy atom. The third kappa shape index (κ3) is 4.56. The van der Waals surface area contributed by atoms with Crippen molar-refractivity contribution >= 4 is 17.4 Å². The highest BCUT2D eigenvalue weighted by Gasteiger charge is 2.17. The molecular formula is C18H18N2O6. The zero-order valence-electron chi connectivity index (χ0n) is 14.6. The third-order valence-corrected chi connectivity index (χ3v) is 3.55. The van der Waals surface area contributed by atoms with E-state index >= 15 is 0 Å². The predicted octanol–water partition coefficient (Wildman–Crippen LogP) is 3.12. The molecule has 0 aliphatic heterocycles. The maximum Gasteiger partial charge on any atom is 0.331 e. The number of carbonyl (C=O) groups is 1. The lowest BCUT2D eigenvalue weighted by Crippen LogP contribution is -2.10. The Bertz CT molecular complexity index is 847. The summed E-state index contributed by atoms with van der Waals surface area (Å²) in [7, 11) is 3.01. The van der Waals surface area contributed by atoms with E-state index in [1.165, 1.54) is 27.2 Å². The van der Waals surface area contributed by atoms with Gasteiger partial charge in [-0.05, 0) is 18.2 Å². The molecule has 2 aromatic carbocycles. The lowest BCUT2D eigenvalue weighted by atomic mass is 10.0. The minimum absolute atomic E-state index is 0.0384. The van der Waals surface area contributed by atoms with Crippen molar-refractivity contribution in [2.75, 3.05) is 14.2 Å². The number of nitro groups is 1. The molecule has 0 spiro atoms. The maximum absolute atomic E-state index is 11.2. The Morgan fingerprint density at radius 3 is 2.42 bits per heavy atom. The highest BCUT2D eigenvalue weighted by molar-refractivity contribution is 6.02. The van der Waals surface area contributed by atoms with Gasteiger partial charge in [0.25, 0.3) is 5.69 Å². The highest BCUT2D eigenvalue weighted by atomic mass is 16.7. The number of para-hydroxylation sites is 1. The topological polar surface area (TPSA) is 100 Å². The number of carbonyl (C=O) groups excluding carboxylic acids is 1. The fraction of sp³-hybridized carbons (Fsp3) is 0.222. The first-order chi connectivity index (χ1) is 12.5. The normalized spacial score (nSPS) is 11.0. The van der Waals surface area contributed by atoms with Crippen LogP contribution in [0.2, 0.25) is 0 Å². The number of benzene rings is 2. The molecule has 0 N–H and O–H groups in total. The zero-order valence-corrected chi connectivity index (χ0v) is 14.6. The molecule has 0 aliphatic carbocycles. The van der Waals surface area contributed by atoms with Gasteiger partial charge >= 0.3 is 5.97 Å². The van der Waals surface area contributed by atoms with Crippen molar-refractivity contribution in [2.24, 2.45) is 5.16 Å². The van der Waals surface area contributed by atoms with E-state index < -0.39 is 10.9 Å². The number of hydrogen-bond donors (Lipinski definition) is 0. The van der Waals surface area contributed by atoms with Crippen molar-refractivity contribution in [3.8, 4) is 11.5 Å². The van der Waals surface area contributed by atoms with Gasteiger partial charge in [0.1, 0.15) is 0 Å². The Morgan fingerprint density at radius 2 is 1.81 bits per heavy atom. The van der Waals surface area contributed by atoms with Crippen LogP contribution >= 0.6 is 0 Å². The molecular weight excluding hydrogens is 340 g/mol. The number of rotatable bonds is 7. The van der Waals surface area contributed by atoms with Gasteiger partial charge in [-0.25, -0.2) is 4.79 Å². The number of hydrogen-bond acceptors (Lipinski definition) is 7. The average Bonchev–Trinajstić information content (AvgIpc) is 2.64. The van der Waals surface area contributed by atoms with E-state index in [0.717, 1.165) is 0 Å². The van der Waals surface area contributed by atoms with E-state index in [2.05, 4.69) is 5.16 Å². The molecule has 0 saturated heterocycles. The van der Waals surface area contributed by atoms with E-state index in [1.54, 1.807) is 36.4 Å². The molecule has 0 radical (unpaired) electrons. The van der Waals surface area contributed by atoms with Crippen molar-refractivity contribution in [3.05, 3.63) is 63.7 Å². The third-order valence-electron chi connectivity index (χ3n) is 3.55. The molecule has 0 saturated carbocycles. The molecule has 2 aromatic rings. The average molecular weight is 358 g/mol. The van der Waals surface area contributed by atoms with Crippen LogP contribution in [0.1, 0.15) is 18.1 Å². The lowest BCUT2D eigenvalue weighted by Gasteiger charge is -2.11. The van der Waals surface area contributed by atoms with Gasteiger partial charge in [-0.1, -0.05) is 23.4 Å². The van der Waals surface area contributed by atoms with Crippen molar-refractivity contribution < 1.29 is 24.0 Å². The second-order valence-corrected chi connectivity index (χ2v) is 5.25. The first kappa shape index (κ1) is 18.9. The fourth-order valence-corrected chi connectivity index (χ4v) is 2.34. The number of nitrogens with zero attached hydrogens (tertiary/aromatic N) is 2. The van der Waals surface area contributed by atoms with Crippen molar-refractivity contribution in [1.82, 2.24) is 0 Å². The molecule has 26 heavy (non-hydrogen) atoms. The second-order valence-electron chi connectivity index (χ2n) is 5.25. The van der Waals surface area contributed by atoms with Crippen LogP contribution in [0.25, 0.3) is 0 Å². The van der Waals surface area contributed by atoms with E-state index in [1.807, 2.05) is 0 Å². The van der Waals surface area contributed by atoms with Gasteiger partial charge in [-0.3, -0.25) is 10.1 Å².